The Balaban J connectivity index is 2.22. The maximum Gasteiger partial charge on any atom is 0.322 e. The number of carbonyl (C=O) groups excluding carboxylic acids is 1. The van der Waals surface area contributed by atoms with Crippen molar-refractivity contribution in [3.05, 3.63) is 35.4 Å². The van der Waals surface area contributed by atoms with Gasteiger partial charge in [-0.05, 0) is 6.07 Å². The molecular weight excluding hydrogens is 242 g/mol. The first-order valence-electron chi connectivity index (χ1n) is 5.05. The Morgan fingerprint density at radius 2 is 2.18 bits per heavy atom. The van der Waals surface area contributed by atoms with Gasteiger partial charge in [0.1, 0.15) is 0 Å². The number of aliphatic carboxylic acids is 1. The van der Waals surface area contributed by atoms with Gasteiger partial charge >= 0.3 is 5.97 Å². The van der Waals surface area contributed by atoms with Crippen LogP contribution in [0.3, 0.4) is 0 Å². The van der Waals surface area contributed by atoms with Gasteiger partial charge in [0.15, 0.2) is 11.0 Å². The lowest BCUT2D eigenvalue weighted by molar-refractivity contribution is -0.147. The molecule has 0 radical (unpaired) electrons. The number of amides is 1. The van der Waals surface area contributed by atoms with Crippen molar-refractivity contribution in [2.24, 2.45) is 0 Å². The van der Waals surface area contributed by atoms with E-state index in [9.17, 15) is 14.7 Å². The lowest BCUT2D eigenvalue weighted by Gasteiger charge is -2.28. The smallest absolute Gasteiger partial charge is 0.322 e. The van der Waals surface area contributed by atoms with E-state index >= 15 is 0 Å². The highest BCUT2D eigenvalue weighted by Crippen LogP contribution is 2.49. The van der Waals surface area contributed by atoms with Crippen molar-refractivity contribution in [1.29, 1.82) is 0 Å². The van der Waals surface area contributed by atoms with Crippen molar-refractivity contribution in [3.63, 3.8) is 0 Å². The number of hydrogen-bond acceptors (Lipinski definition) is 4. The van der Waals surface area contributed by atoms with Crippen LogP contribution in [0.2, 0.25) is 0 Å². The van der Waals surface area contributed by atoms with E-state index in [2.05, 4.69) is 0 Å². The summed E-state index contributed by atoms with van der Waals surface area (Å²) in [6.07, 6.45) is 0. The number of benzene rings is 1. The van der Waals surface area contributed by atoms with Gasteiger partial charge in [-0.3, -0.25) is 14.5 Å². The van der Waals surface area contributed by atoms with Gasteiger partial charge in [-0.2, -0.15) is 0 Å². The average molecular weight is 251 g/mol. The van der Waals surface area contributed by atoms with Gasteiger partial charge in [0, 0.05) is 11.1 Å². The molecule has 3 rings (SSSR count). The largest absolute Gasteiger partial charge is 0.480 e. The summed E-state index contributed by atoms with van der Waals surface area (Å²) in [4.78, 5) is 24.4. The fraction of sp³-hybridized carbons (Fsp3) is 0.273. The molecular formula is C11H9NO4S. The maximum absolute atomic E-state index is 12.0. The third-order valence-electron chi connectivity index (χ3n) is 3.17. The summed E-state index contributed by atoms with van der Waals surface area (Å²) < 4.78 is 0. The number of carboxylic acids is 1. The summed E-state index contributed by atoms with van der Waals surface area (Å²) >= 11 is 1.06. The molecule has 0 saturated carbocycles. The molecule has 88 valence electrons. The van der Waals surface area contributed by atoms with Crippen molar-refractivity contribution in [2.45, 2.75) is 11.0 Å². The lowest BCUT2D eigenvalue weighted by atomic mass is 9.98. The zero-order valence-electron chi connectivity index (χ0n) is 8.66. The second kappa shape index (κ2) is 3.24. The predicted octanol–water partition coefficient (Wildman–Crippen LogP) is 0.445. The quantitative estimate of drug-likeness (QED) is 0.757. The van der Waals surface area contributed by atoms with E-state index < -0.39 is 16.9 Å². The molecule has 1 aromatic carbocycles. The van der Waals surface area contributed by atoms with Crippen LogP contribution in [0.25, 0.3) is 0 Å². The van der Waals surface area contributed by atoms with Crippen LogP contribution in [0.15, 0.2) is 24.3 Å². The molecule has 0 bridgehead atoms. The Hall–Kier alpha value is -1.53. The molecule has 0 unspecified atom stereocenters. The number of carboxylic acid groups (broad SMARTS) is 1. The number of hydrogen-bond donors (Lipinski definition) is 2. The van der Waals surface area contributed by atoms with E-state index in [1.807, 2.05) is 0 Å². The Labute approximate surface area is 101 Å². The van der Waals surface area contributed by atoms with Crippen molar-refractivity contribution in [2.75, 3.05) is 5.88 Å². The van der Waals surface area contributed by atoms with Crippen molar-refractivity contribution in [1.82, 2.24) is 4.90 Å². The normalized spacial score (nSPS) is 30.3. The molecule has 2 N–H and O–H groups in total. The van der Waals surface area contributed by atoms with Gasteiger partial charge in [0.05, 0.1) is 5.88 Å². The van der Waals surface area contributed by atoms with Crippen LogP contribution < -0.4 is 0 Å². The SMILES string of the molecule is O=C(O)[C@H]1SCN2C(=O)c3ccccc3[C@]12O. The molecule has 0 spiro atoms. The zero-order chi connectivity index (χ0) is 12.2. The van der Waals surface area contributed by atoms with Crippen LogP contribution in [0, 0.1) is 0 Å². The second-order valence-corrected chi connectivity index (χ2v) is 5.08. The fourth-order valence-electron chi connectivity index (χ4n) is 2.38. The van der Waals surface area contributed by atoms with Gasteiger partial charge < -0.3 is 10.2 Å². The molecule has 17 heavy (non-hydrogen) atoms. The fourth-order valence-corrected chi connectivity index (χ4v) is 3.63. The van der Waals surface area contributed by atoms with E-state index in [4.69, 9.17) is 5.11 Å². The van der Waals surface area contributed by atoms with Crippen LogP contribution in [0.1, 0.15) is 15.9 Å². The van der Waals surface area contributed by atoms with Crippen molar-refractivity contribution < 1.29 is 19.8 Å². The number of thioether (sulfide) groups is 1. The van der Waals surface area contributed by atoms with E-state index in [1.54, 1.807) is 24.3 Å². The molecule has 1 fully saturated rings. The molecule has 1 aromatic rings. The Morgan fingerprint density at radius 1 is 1.47 bits per heavy atom. The van der Waals surface area contributed by atoms with Crippen LogP contribution >= 0.6 is 11.8 Å². The van der Waals surface area contributed by atoms with Crippen LogP contribution in [-0.2, 0) is 10.5 Å². The number of fused-ring (bicyclic) bond motifs is 3. The average Bonchev–Trinajstić information content (AvgIpc) is 2.75. The molecule has 1 amide bonds. The van der Waals surface area contributed by atoms with Crippen LogP contribution in [-0.4, -0.2) is 38.1 Å². The molecule has 0 aliphatic carbocycles. The number of carbonyl (C=O) groups is 2. The minimum atomic E-state index is -1.70. The first-order chi connectivity index (χ1) is 8.06. The molecule has 0 aromatic heterocycles. The van der Waals surface area contributed by atoms with Crippen molar-refractivity contribution in [3.8, 4) is 0 Å². The molecule has 1 saturated heterocycles. The molecule has 2 aliphatic rings. The number of aliphatic hydroxyl groups is 1. The molecule has 2 atom stereocenters. The molecule has 2 heterocycles. The van der Waals surface area contributed by atoms with Gasteiger partial charge in [-0.1, -0.05) is 18.2 Å². The predicted molar refractivity (Wildman–Crippen MR) is 60.4 cm³/mol. The molecule has 2 aliphatic heterocycles. The lowest BCUT2D eigenvalue weighted by Crippen LogP contribution is -2.47. The summed E-state index contributed by atoms with van der Waals surface area (Å²) in [7, 11) is 0. The highest BCUT2D eigenvalue weighted by Gasteiger charge is 2.60. The number of rotatable bonds is 1. The summed E-state index contributed by atoms with van der Waals surface area (Å²) in [6.45, 7) is 0. The zero-order valence-corrected chi connectivity index (χ0v) is 9.48. The molecule has 6 heteroatoms. The topological polar surface area (TPSA) is 77.8 Å². The van der Waals surface area contributed by atoms with Crippen LogP contribution in [0.4, 0.5) is 0 Å². The Bertz CT molecular complexity index is 528. The first kappa shape index (κ1) is 10.6. The van der Waals surface area contributed by atoms with Gasteiger partial charge in [-0.25, -0.2) is 0 Å². The minimum Gasteiger partial charge on any atom is -0.480 e. The summed E-state index contributed by atoms with van der Waals surface area (Å²) in [6, 6.07) is 6.60. The van der Waals surface area contributed by atoms with E-state index in [-0.39, 0.29) is 11.8 Å². The maximum atomic E-state index is 12.0. The number of nitrogens with zero attached hydrogens (tertiary/aromatic N) is 1. The summed E-state index contributed by atoms with van der Waals surface area (Å²) in [5, 5.41) is 18.7. The van der Waals surface area contributed by atoms with Crippen molar-refractivity contribution >= 4 is 23.6 Å². The Kier molecular flexibility index (Phi) is 2.02. The van der Waals surface area contributed by atoms with Gasteiger partial charge in [0.25, 0.3) is 5.91 Å². The monoisotopic (exact) mass is 251 g/mol. The third-order valence-corrected chi connectivity index (χ3v) is 4.44. The first-order valence-corrected chi connectivity index (χ1v) is 6.10. The van der Waals surface area contributed by atoms with E-state index in [0.29, 0.717) is 11.1 Å². The standard InChI is InChI=1S/C11H9NO4S/c13-9-6-3-1-2-4-7(6)11(16)8(10(14)15)17-5-12(9)11/h1-4,8,16H,5H2,(H,14,15)/t8-,11+/m1/s1. The van der Waals surface area contributed by atoms with Crippen LogP contribution in [0.5, 0.6) is 0 Å². The Morgan fingerprint density at radius 3 is 2.88 bits per heavy atom. The van der Waals surface area contributed by atoms with E-state index in [0.717, 1.165) is 11.8 Å². The highest BCUT2D eigenvalue weighted by atomic mass is 32.2. The van der Waals surface area contributed by atoms with E-state index in [1.165, 1.54) is 4.90 Å². The second-order valence-electron chi connectivity index (χ2n) is 4.02. The van der Waals surface area contributed by atoms with Gasteiger partial charge in [0.2, 0.25) is 0 Å². The van der Waals surface area contributed by atoms with Gasteiger partial charge in [-0.15, -0.1) is 11.8 Å². The molecule has 5 nitrogen and oxygen atoms in total. The summed E-state index contributed by atoms with van der Waals surface area (Å²) in [5.41, 5.74) is -0.923. The minimum absolute atomic E-state index is 0.195. The summed E-state index contributed by atoms with van der Waals surface area (Å²) in [5.74, 6) is -1.22. The highest BCUT2D eigenvalue weighted by molar-refractivity contribution is 8.00. The third kappa shape index (κ3) is 1.14.